The number of benzene rings is 1. The van der Waals surface area contributed by atoms with E-state index in [9.17, 15) is 14.0 Å². The number of carbonyl (C=O) groups excluding carboxylic acids is 2. The molecule has 7 heteroatoms. The molecule has 0 unspecified atom stereocenters. The first-order valence-corrected chi connectivity index (χ1v) is 6.58. The summed E-state index contributed by atoms with van der Waals surface area (Å²) >= 11 is 1.27. The quantitative estimate of drug-likeness (QED) is 0.879. The van der Waals surface area contributed by atoms with Crippen molar-refractivity contribution < 1.29 is 18.7 Å². The van der Waals surface area contributed by atoms with E-state index in [-0.39, 0.29) is 5.56 Å². The fourth-order valence-electron chi connectivity index (χ4n) is 1.40. The molecule has 1 aromatic carbocycles. The first-order valence-electron chi connectivity index (χ1n) is 5.70. The van der Waals surface area contributed by atoms with E-state index < -0.39 is 24.3 Å². The number of hydrogen-bond acceptors (Lipinski definition) is 5. The molecule has 0 saturated carbocycles. The van der Waals surface area contributed by atoms with Crippen molar-refractivity contribution in [2.45, 2.75) is 6.92 Å². The monoisotopic (exact) mass is 294 g/mol. The Morgan fingerprint density at radius 3 is 2.80 bits per heavy atom. The third-order valence-electron chi connectivity index (χ3n) is 2.29. The van der Waals surface area contributed by atoms with Crippen molar-refractivity contribution >= 4 is 28.3 Å². The summed E-state index contributed by atoms with van der Waals surface area (Å²) in [6.45, 7) is 1.30. The number of anilines is 1. The highest BCUT2D eigenvalue weighted by molar-refractivity contribution is 7.13. The van der Waals surface area contributed by atoms with E-state index in [1.165, 1.54) is 29.5 Å². The summed E-state index contributed by atoms with van der Waals surface area (Å²) in [5.74, 6) is -2.09. The lowest BCUT2D eigenvalue weighted by Crippen LogP contribution is -2.21. The second kappa shape index (κ2) is 6.25. The van der Waals surface area contributed by atoms with E-state index in [1.54, 1.807) is 12.3 Å². The zero-order valence-corrected chi connectivity index (χ0v) is 11.4. The van der Waals surface area contributed by atoms with Crippen LogP contribution in [0.2, 0.25) is 0 Å². The number of esters is 1. The summed E-state index contributed by atoms with van der Waals surface area (Å²) < 4.78 is 18.0. The van der Waals surface area contributed by atoms with E-state index in [4.69, 9.17) is 4.74 Å². The first-order chi connectivity index (χ1) is 9.56. The van der Waals surface area contributed by atoms with Crippen LogP contribution in [0.15, 0.2) is 29.6 Å². The predicted octanol–water partition coefficient (Wildman–Crippen LogP) is 2.39. The molecule has 0 bridgehead atoms. The molecular weight excluding hydrogens is 283 g/mol. The van der Waals surface area contributed by atoms with Crippen LogP contribution in [0.25, 0.3) is 0 Å². The molecule has 1 aromatic heterocycles. The van der Waals surface area contributed by atoms with E-state index >= 15 is 0 Å². The molecular formula is C13H11FN2O3S. The Morgan fingerprint density at radius 2 is 2.15 bits per heavy atom. The summed E-state index contributed by atoms with van der Waals surface area (Å²) in [7, 11) is 0. The van der Waals surface area contributed by atoms with E-state index in [0.717, 1.165) is 11.8 Å². The Hall–Kier alpha value is -2.28. The number of amides is 1. The summed E-state index contributed by atoms with van der Waals surface area (Å²) in [4.78, 5) is 27.1. The van der Waals surface area contributed by atoms with Gasteiger partial charge in [0.25, 0.3) is 5.91 Å². The molecule has 0 aliphatic heterocycles. The maximum atomic E-state index is 13.3. The Bertz CT molecular complexity index is 642. The minimum atomic E-state index is -0.881. The van der Waals surface area contributed by atoms with Gasteiger partial charge in [-0.3, -0.25) is 10.1 Å². The molecule has 2 rings (SSSR count). The number of aromatic nitrogens is 1. The van der Waals surface area contributed by atoms with Crippen molar-refractivity contribution in [3.05, 3.63) is 46.7 Å². The number of nitrogens with one attached hydrogen (secondary N) is 1. The lowest BCUT2D eigenvalue weighted by atomic mass is 10.2. The van der Waals surface area contributed by atoms with E-state index in [1.807, 2.05) is 0 Å². The van der Waals surface area contributed by atoms with Crippen LogP contribution in [0.1, 0.15) is 16.1 Å². The summed E-state index contributed by atoms with van der Waals surface area (Å²) in [6.07, 6.45) is 0. The highest BCUT2D eigenvalue weighted by Crippen LogP contribution is 2.14. The van der Waals surface area contributed by atoms with Gasteiger partial charge in [0, 0.05) is 5.38 Å². The second-order valence-electron chi connectivity index (χ2n) is 3.90. The van der Waals surface area contributed by atoms with Crippen LogP contribution in [-0.2, 0) is 9.53 Å². The van der Waals surface area contributed by atoms with Crippen LogP contribution in [0.4, 0.5) is 9.52 Å². The average molecular weight is 294 g/mol. The third kappa shape index (κ3) is 3.61. The average Bonchev–Trinajstić information content (AvgIpc) is 2.82. The third-order valence-corrected chi connectivity index (χ3v) is 3.17. The SMILES string of the molecule is Cc1csc(NC(=O)COC(=O)c2ccccc2F)n1. The van der Waals surface area contributed by atoms with Gasteiger partial charge in [-0.15, -0.1) is 11.3 Å². The van der Waals surface area contributed by atoms with Crippen molar-refractivity contribution in [1.29, 1.82) is 0 Å². The number of halogens is 1. The molecule has 0 aliphatic rings. The van der Waals surface area contributed by atoms with Crippen LogP contribution < -0.4 is 5.32 Å². The summed E-state index contributed by atoms with van der Waals surface area (Å²) in [5.41, 5.74) is 0.582. The number of aryl methyl sites for hydroxylation is 1. The predicted molar refractivity (Wildman–Crippen MR) is 72.2 cm³/mol. The fraction of sp³-hybridized carbons (Fsp3) is 0.154. The van der Waals surface area contributed by atoms with Gasteiger partial charge in [-0.1, -0.05) is 12.1 Å². The fourth-order valence-corrected chi connectivity index (χ4v) is 2.11. The van der Waals surface area contributed by atoms with Gasteiger partial charge >= 0.3 is 5.97 Å². The van der Waals surface area contributed by atoms with Crippen LogP contribution >= 0.6 is 11.3 Å². The topological polar surface area (TPSA) is 68.3 Å². The van der Waals surface area contributed by atoms with Crippen molar-refractivity contribution in [2.75, 3.05) is 11.9 Å². The minimum absolute atomic E-state index is 0.203. The number of carbonyl (C=O) groups is 2. The minimum Gasteiger partial charge on any atom is -0.452 e. The maximum Gasteiger partial charge on any atom is 0.341 e. The molecule has 0 spiro atoms. The van der Waals surface area contributed by atoms with Crippen molar-refractivity contribution in [1.82, 2.24) is 4.98 Å². The van der Waals surface area contributed by atoms with Crippen LogP contribution in [0.3, 0.4) is 0 Å². The standard InChI is InChI=1S/C13H11FN2O3S/c1-8-7-20-13(15-8)16-11(17)6-19-12(18)9-4-2-3-5-10(9)14/h2-5,7H,6H2,1H3,(H,15,16,17). The Kier molecular flexibility index (Phi) is 4.41. The Morgan fingerprint density at radius 1 is 1.40 bits per heavy atom. The molecule has 1 heterocycles. The second-order valence-corrected chi connectivity index (χ2v) is 4.76. The van der Waals surface area contributed by atoms with Gasteiger partial charge in [0.2, 0.25) is 0 Å². The lowest BCUT2D eigenvalue weighted by molar-refractivity contribution is -0.119. The number of nitrogens with zero attached hydrogens (tertiary/aromatic N) is 1. The zero-order chi connectivity index (χ0) is 14.5. The smallest absolute Gasteiger partial charge is 0.341 e. The Balaban J connectivity index is 1.87. The van der Waals surface area contributed by atoms with Crippen molar-refractivity contribution in [3.63, 3.8) is 0 Å². The van der Waals surface area contributed by atoms with Crippen LogP contribution in [0, 0.1) is 12.7 Å². The van der Waals surface area contributed by atoms with Gasteiger partial charge in [0.05, 0.1) is 11.3 Å². The number of thiazole rings is 1. The van der Waals surface area contributed by atoms with Crippen LogP contribution in [0.5, 0.6) is 0 Å². The van der Waals surface area contributed by atoms with Crippen molar-refractivity contribution in [2.24, 2.45) is 0 Å². The van der Waals surface area contributed by atoms with E-state index in [0.29, 0.717) is 5.13 Å². The summed E-state index contributed by atoms with van der Waals surface area (Å²) in [6, 6.07) is 5.41. The highest BCUT2D eigenvalue weighted by Gasteiger charge is 2.14. The molecule has 1 N–H and O–H groups in total. The zero-order valence-electron chi connectivity index (χ0n) is 10.6. The molecule has 0 fully saturated rings. The van der Waals surface area contributed by atoms with E-state index in [2.05, 4.69) is 10.3 Å². The molecule has 0 saturated heterocycles. The summed E-state index contributed by atoms with van der Waals surface area (Å²) in [5, 5.41) is 4.69. The molecule has 0 atom stereocenters. The van der Waals surface area contributed by atoms with Gasteiger partial charge in [-0.05, 0) is 19.1 Å². The Labute approximate surface area is 118 Å². The van der Waals surface area contributed by atoms with Crippen LogP contribution in [-0.4, -0.2) is 23.5 Å². The normalized spacial score (nSPS) is 10.1. The number of ether oxygens (including phenoxy) is 1. The van der Waals surface area contributed by atoms with Gasteiger partial charge in [0.15, 0.2) is 11.7 Å². The van der Waals surface area contributed by atoms with Gasteiger partial charge in [-0.25, -0.2) is 14.2 Å². The molecule has 5 nitrogen and oxygen atoms in total. The molecule has 2 aromatic rings. The number of rotatable bonds is 4. The first kappa shape index (κ1) is 14.1. The molecule has 20 heavy (non-hydrogen) atoms. The maximum absolute atomic E-state index is 13.3. The molecule has 0 radical (unpaired) electrons. The largest absolute Gasteiger partial charge is 0.452 e. The lowest BCUT2D eigenvalue weighted by Gasteiger charge is -2.05. The molecule has 104 valence electrons. The van der Waals surface area contributed by atoms with Crippen molar-refractivity contribution in [3.8, 4) is 0 Å². The molecule has 0 aliphatic carbocycles. The van der Waals surface area contributed by atoms with Gasteiger partial charge in [0.1, 0.15) is 5.82 Å². The highest BCUT2D eigenvalue weighted by atomic mass is 32.1. The van der Waals surface area contributed by atoms with Gasteiger partial charge < -0.3 is 4.74 Å². The van der Waals surface area contributed by atoms with Gasteiger partial charge in [-0.2, -0.15) is 0 Å². The number of hydrogen-bond donors (Lipinski definition) is 1. The molecule has 1 amide bonds.